The number of fused-ring (bicyclic) bond motifs is 1. The monoisotopic (exact) mass is 350 g/mol. The van der Waals surface area contributed by atoms with Gasteiger partial charge in [-0.2, -0.15) is 0 Å². The molecule has 0 saturated heterocycles. The largest absolute Gasteiger partial charge is 0.496 e. The van der Waals surface area contributed by atoms with E-state index in [1.807, 2.05) is 50.2 Å². The van der Waals surface area contributed by atoms with Gasteiger partial charge in [-0.15, -0.1) is 0 Å². The van der Waals surface area contributed by atoms with Crippen molar-refractivity contribution in [2.24, 2.45) is 0 Å². The molecule has 1 amide bonds. The fraction of sp³-hybridized carbons (Fsp3) is 0.250. The summed E-state index contributed by atoms with van der Waals surface area (Å²) in [6, 6.07) is 11.8. The van der Waals surface area contributed by atoms with Crippen LogP contribution >= 0.6 is 0 Å². The topological polar surface area (TPSA) is 76.1 Å². The Labute approximate surface area is 152 Å². The molecule has 0 spiro atoms. The van der Waals surface area contributed by atoms with Gasteiger partial charge in [0.05, 0.1) is 12.6 Å². The summed E-state index contributed by atoms with van der Waals surface area (Å²) in [5.41, 5.74) is 3.41. The van der Waals surface area contributed by atoms with Crippen LogP contribution < -0.4 is 15.4 Å². The van der Waals surface area contributed by atoms with Gasteiger partial charge in [0.15, 0.2) is 0 Å². The van der Waals surface area contributed by atoms with E-state index >= 15 is 0 Å². The number of amides is 1. The summed E-state index contributed by atoms with van der Waals surface area (Å²) in [6.07, 6.45) is 1.80. The molecule has 0 radical (unpaired) electrons. The van der Waals surface area contributed by atoms with Crippen LogP contribution in [0, 0.1) is 0 Å². The van der Waals surface area contributed by atoms with Crippen molar-refractivity contribution in [3.05, 3.63) is 42.6 Å². The molecule has 6 nitrogen and oxygen atoms in total. The summed E-state index contributed by atoms with van der Waals surface area (Å²) in [5.74, 6) is 1.20. The second-order valence-electron chi connectivity index (χ2n) is 6.37. The second-order valence-corrected chi connectivity index (χ2v) is 6.37. The smallest absolute Gasteiger partial charge is 0.223 e. The molecular formula is C20H22N4O2. The zero-order valence-electron chi connectivity index (χ0n) is 15.3. The third-order valence-electron chi connectivity index (χ3n) is 3.81. The highest BCUT2D eigenvalue weighted by Gasteiger charge is 2.11. The SMILES string of the molecule is COc1cc2nc(NC(C)C)ncc2cc1-c1cccc(NC(C)=O)c1. The van der Waals surface area contributed by atoms with Gasteiger partial charge >= 0.3 is 0 Å². The average molecular weight is 350 g/mol. The lowest BCUT2D eigenvalue weighted by atomic mass is 10.0. The summed E-state index contributed by atoms with van der Waals surface area (Å²) in [7, 11) is 1.64. The molecule has 0 aliphatic heterocycles. The summed E-state index contributed by atoms with van der Waals surface area (Å²) in [5, 5.41) is 6.92. The average Bonchev–Trinajstić information content (AvgIpc) is 2.59. The predicted octanol–water partition coefficient (Wildman–Crippen LogP) is 4.08. The normalized spacial score (nSPS) is 10.8. The highest BCUT2D eigenvalue weighted by Crippen LogP contribution is 2.34. The van der Waals surface area contributed by atoms with Gasteiger partial charge in [-0.05, 0) is 37.6 Å². The van der Waals surface area contributed by atoms with E-state index in [0.717, 1.165) is 27.7 Å². The molecule has 0 unspecified atom stereocenters. The molecule has 2 N–H and O–H groups in total. The van der Waals surface area contributed by atoms with Crippen molar-refractivity contribution in [1.82, 2.24) is 9.97 Å². The molecule has 2 aromatic carbocycles. The molecule has 0 fully saturated rings. The van der Waals surface area contributed by atoms with Crippen molar-refractivity contribution in [3.63, 3.8) is 0 Å². The number of benzene rings is 2. The van der Waals surface area contributed by atoms with Crippen LogP contribution in [0.25, 0.3) is 22.0 Å². The van der Waals surface area contributed by atoms with E-state index < -0.39 is 0 Å². The molecule has 6 heteroatoms. The van der Waals surface area contributed by atoms with Gasteiger partial charge in [-0.25, -0.2) is 9.97 Å². The highest BCUT2D eigenvalue weighted by atomic mass is 16.5. The van der Waals surface area contributed by atoms with E-state index in [4.69, 9.17) is 4.74 Å². The first kappa shape index (κ1) is 17.7. The number of aromatic nitrogens is 2. The number of ether oxygens (including phenoxy) is 1. The maximum absolute atomic E-state index is 11.3. The number of rotatable bonds is 5. The minimum absolute atomic E-state index is 0.105. The van der Waals surface area contributed by atoms with Gasteiger partial charge in [-0.3, -0.25) is 4.79 Å². The fourth-order valence-corrected chi connectivity index (χ4v) is 2.75. The Morgan fingerprint density at radius 1 is 1.19 bits per heavy atom. The number of carbonyl (C=O) groups excluding carboxylic acids is 1. The van der Waals surface area contributed by atoms with Crippen molar-refractivity contribution in [3.8, 4) is 16.9 Å². The molecule has 134 valence electrons. The number of nitrogens with one attached hydrogen (secondary N) is 2. The number of anilines is 2. The molecule has 26 heavy (non-hydrogen) atoms. The Morgan fingerprint density at radius 2 is 2.00 bits per heavy atom. The summed E-state index contributed by atoms with van der Waals surface area (Å²) < 4.78 is 5.58. The van der Waals surface area contributed by atoms with Crippen LogP contribution in [-0.4, -0.2) is 29.0 Å². The van der Waals surface area contributed by atoms with Crippen LogP contribution in [0.1, 0.15) is 20.8 Å². The standard InChI is InChI=1S/C20H22N4O2/c1-12(2)22-20-21-11-15-9-17(19(26-4)10-18(15)24-20)14-6-5-7-16(8-14)23-13(3)25/h5-12H,1-4H3,(H,23,25)(H,21,22,24). The van der Waals surface area contributed by atoms with Crippen LogP contribution in [0.5, 0.6) is 5.75 Å². The van der Waals surface area contributed by atoms with Crippen LogP contribution in [0.15, 0.2) is 42.6 Å². The number of nitrogens with zero attached hydrogens (tertiary/aromatic N) is 2. The van der Waals surface area contributed by atoms with E-state index in [0.29, 0.717) is 11.7 Å². The first-order valence-electron chi connectivity index (χ1n) is 8.45. The van der Waals surface area contributed by atoms with Gasteiger partial charge < -0.3 is 15.4 Å². The lowest BCUT2D eigenvalue weighted by Gasteiger charge is -2.13. The number of carbonyl (C=O) groups is 1. The third-order valence-corrected chi connectivity index (χ3v) is 3.81. The van der Waals surface area contributed by atoms with Crippen molar-refractivity contribution in [2.75, 3.05) is 17.7 Å². The van der Waals surface area contributed by atoms with Gasteiger partial charge in [0, 0.05) is 41.9 Å². The lowest BCUT2D eigenvalue weighted by molar-refractivity contribution is -0.114. The van der Waals surface area contributed by atoms with Gasteiger partial charge in [0.2, 0.25) is 11.9 Å². The fourth-order valence-electron chi connectivity index (χ4n) is 2.75. The number of hydrogen-bond acceptors (Lipinski definition) is 5. The summed E-state index contributed by atoms with van der Waals surface area (Å²) in [4.78, 5) is 20.2. The van der Waals surface area contributed by atoms with Crippen LogP contribution in [0.3, 0.4) is 0 Å². The lowest BCUT2D eigenvalue weighted by Crippen LogP contribution is -2.12. The third kappa shape index (κ3) is 3.91. The molecule has 0 aliphatic carbocycles. The Kier molecular flexibility index (Phi) is 5.02. The zero-order chi connectivity index (χ0) is 18.7. The van der Waals surface area contributed by atoms with Crippen LogP contribution in [0.4, 0.5) is 11.6 Å². The molecule has 3 aromatic rings. The summed E-state index contributed by atoms with van der Waals surface area (Å²) >= 11 is 0. The quantitative estimate of drug-likeness (QED) is 0.725. The maximum atomic E-state index is 11.3. The maximum Gasteiger partial charge on any atom is 0.223 e. The Morgan fingerprint density at radius 3 is 2.69 bits per heavy atom. The van der Waals surface area contributed by atoms with E-state index in [9.17, 15) is 4.79 Å². The zero-order valence-corrected chi connectivity index (χ0v) is 15.3. The van der Waals surface area contributed by atoms with Gasteiger partial charge in [0.1, 0.15) is 5.75 Å². The Hall–Kier alpha value is -3.15. The Bertz CT molecular complexity index is 954. The Balaban J connectivity index is 2.07. The first-order chi connectivity index (χ1) is 12.5. The van der Waals surface area contributed by atoms with Crippen LogP contribution in [0.2, 0.25) is 0 Å². The molecule has 1 aromatic heterocycles. The molecule has 0 atom stereocenters. The van der Waals surface area contributed by atoms with Crippen molar-refractivity contribution in [1.29, 1.82) is 0 Å². The molecular weight excluding hydrogens is 328 g/mol. The second kappa shape index (κ2) is 7.39. The molecule has 0 saturated carbocycles. The molecule has 0 aliphatic rings. The van der Waals surface area contributed by atoms with Crippen molar-refractivity contribution in [2.45, 2.75) is 26.8 Å². The van der Waals surface area contributed by atoms with Crippen LogP contribution in [-0.2, 0) is 4.79 Å². The number of hydrogen-bond donors (Lipinski definition) is 2. The predicted molar refractivity (Wildman–Crippen MR) is 105 cm³/mol. The minimum Gasteiger partial charge on any atom is -0.496 e. The highest BCUT2D eigenvalue weighted by molar-refractivity contribution is 5.92. The first-order valence-corrected chi connectivity index (χ1v) is 8.45. The van der Waals surface area contributed by atoms with E-state index in [1.165, 1.54) is 6.92 Å². The minimum atomic E-state index is -0.105. The van der Waals surface area contributed by atoms with Gasteiger partial charge in [-0.1, -0.05) is 12.1 Å². The van der Waals surface area contributed by atoms with E-state index in [1.54, 1.807) is 13.3 Å². The number of methoxy groups -OCH3 is 1. The summed E-state index contributed by atoms with van der Waals surface area (Å²) in [6.45, 7) is 5.57. The van der Waals surface area contributed by atoms with Crippen molar-refractivity contribution < 1.29 is 9.53 Å². The van der Waals surface area contributed by atoms with E-state index in [2.05, 4.69) is 20.6 Å². The van der Waals surface area contributed by atoms with Gasteiger partial charge in [0.25, 0.3) is 0 Å². The van der Waals surface area contributed by atoms with E-state index in [-0.39, 0.29) is 11.9 Å². The molecule has 1 heterocycles. The molecule has 3 rings (SSSR count). The van der Waals surface area contributed by atoms with Crippen molar-refractivity contribution >= 4 is 28.4 Å². The molecule has 0 bridgehead atoms.